The van der Waals surface area contributed by atoms with Crippen molar-refractivity contribution in [2.24, 2.45) is 0 Å². The zero-order valence-electron chi connectivity index (χ0n) is 11.9. The minimum Gasteiger partial charge on any atom is -0.352 e. The molecular weight excluding hydrogens is 264 g/mol. The molecule has 0 amide bonds. The van der Waals surface area contributed by atoms with Crippen LogP contribution < -0.4 is 4.90 Å². The standard InChI is InChI=1S/C15H14N6/c1-11-18-19-15-14(17-6-7-21(11)15)20(2)10-13-5-3-4-12(8-13)9-16/h3-8H,10H2,1-2H3. The highest BCUT2D eigenvalue weighted by Gasteiger charge is 2.12. The van der Waals surface area contributed by atoms with Crippen molar-refractivity contribution in [2.45, 2.75) is 13.5 Å². The van der Waals surface area contributed by atoms with Gasteiger partial charge < -0.3 is 4.90 Å². The normalized spacial score (nSPS) is 10.5. The van der Waals surface area contributed by atoms with E-state index in [1.807, 2.05) is 47.7 Å². The molecule has 0 aliphatic rings. The number of nitrogens with zero attached hydrogens (tertiary/aromatic N) is 6. The lowest BCUT2D eigenvalue weighted by Crippen LogP contribution is -2.18. The molecule has 0 aliphatic heterocycles. The van der Waals surface area contributed by atoms with Crippen LogP contribution in [0.4, 0.5) is 5.82 Å². The molecule has 0 saturated carbocycles. The Labute approximate surface area is 122 Å². The van der Waals surface area contributed by atoms with E-state index in [0.717, 1.165) is 22.9 Å². The first-order valence-electron chi connectivity index (χ1n) is 6.55. The van der Waals surface area contributed by atoms with Gasteiger partial charge in [-0.15, -0.1) is 10.2 Å². The summed E-state index contributed by atoms with van der Waals surface area (Å²) in [4.78, 5) is 6.40. The SMILES string of the molecule is Cc1nnc2c(N(C)Cc3cccc(C#N)c3)nccn12. The van der Waals surface area contributed by atoms with Crippen molar-refractivity contribution in [1.29, 1.82) is 5.26 Å². The van der Waals surface area contributed by atoms with Crippen LogP contribution in [0, 0.1) is 18.3 Å². The predicted octanol–water partition coefficient (Wildman–Crippen LogP) is 1.94. The van der Waals surface area contributed by atoms with E-state index in [4.69, 9.17) is 5.26 Å². The number of rotatable bonds is 3. The number of hydrogen-bond acceptors (Lipinski definition) is 5. The molecule has 0 saturated heterocycles. The van der Waals surface area contributed by atoms with Crippen molar-refractivity contribution < 1.29 is 0 Å². The van der Waals surface area contributed by atoms with Gasteiger partial charge in [-0.2, -0.15) is 5.26 Å². The molecule has 21 heavy (non-hydrogen) atoms. The summed E-state index contributed by atoms with van der Waals surface area (Å²) in [5, 5.41) is 17.2. The van der Waals surface area contributed by atoms with Gasteiger partial charge in [0.15, 0.2) is 5.82 Å². The molecule has 3 aromatic rings. The van der Waals surface area contributed by atoms with E-state index >= 15 is 0 Å². The van der Waals surface area contributed by atoms with Crippen molar-refractivity contribution in [3.05, 3.63) is 53.6 Å². The lowest BCUT2D eigenvalue weighted by Gasteiger charge is -2.18. The molecular formula is C15H14N6. The zero-order chi connectivity index (χ0) is 14.8. The Bertz CT molecular complexity index is 830. The summed E-state index contributed by atoms with van der Waals surface area (Å²) >= 11 is 0. The summed E-state index contributed by atoms with van der Waals surface area (Å²) in [5.74, 6) is 1.59. The summed E-state index contributed by atoms with van der Waals surface area (Å²) < 4.78 is 1.91. The van der Waals surface area contributed by atoms with E-state index in [9.17, 15) is 0 Å². The Hall–Kier alpha value is -2.94. The summed E-state index contributed by atoms with van der Waals surface area (Å²) in [5.41, 5.74) is 2.44. The largest absolute Gasteiger partial charge is 0.352 e. The topological polar surface area (TPSA) is 70.1 Å². The van der Waals surface area contributed by atoms with Crippen molar-refractivity contribution in [1.82, 2.24) is 19.6 Å². The molecule has 6 nitrogen and oxygen atoms in total. The first-order chi connectivity index (χ1) is 10.2. The number of benzene rings is 1. The second-order valence-corrected chi connectivity index (χ2v) is 4.86. The van der Waals surface area contributed by atoms with Crippen LogP contribution in [-0.4, -0.2) is 26.6 Å². The molecule has 0 spiro atoms. The average molecular weight is 278 g/mol. The van der Waals surface area contributed by atoms with E-state index in [-0.39, 0.29) is 0 Å². The molecule has 2 aromatic heterocycles. The van der Waals surface area contributed by atoms with Crippen LogP contribution >= 0.6 is 0 Å². The molecule has 3 rings (SSSR count). The van der Waals surface area contributed by atoms with Crippen molar-refractivity contribution in [3.8, 4) is 6.07 Å². The van der Waals surface area contributed by atoms with Crippen LogP contribution in [0.25, 0.3) is 5.65 Å². The minimum absolute atomic E-state index is 0.647. The second-order valence-electron chi connectivity index (χ2n) is 4.86. The highest BCUT2D eigenvalue weighted by molar-refractivity contribution is 5.63. The van der Waals surface area contributed by atoms with Crippen LogP contribution in [-0.2, 0) is 6.54 Å². The molecule has 0 bridgehead atoms. The molecule has 6 heteroatoms. The molecule has 104 valence electrons. The predicted molar refractivity (Wildman–Crippen MR) is 78.8 cm³/mol. The van der Waals surface area contributed by atoms with Gasteiger partial charge in [0.2, 0.25) is 5.65 Å². The van der Waals surface area contributed by atoms with E-state index in [2.05, 4.69) is 21.3 Å². The third-order valence-electron chi connectivity index (χ3n) is 3.32. The van der Waals surface area contributed by atoms with Crippen molar-refractivity contribution in [2.75, 3.05) is 11.9 Å². The Morgan fingerprint density at radius 1 is 1.33 bits per heavy atom. The monoisotopic (exact) mass is 278 g/mol. The Kier molecular flexibility index (Phi) is 3.24. The van der Waals surface area contributed by atoms with Crippen molar-refractivity contribution >= 4 is 11.5 Å². The Balaban J connectivity index is 1.93. The number of nitriles is 1. The number of anilines is 1. The molecule has 2 heterocycles. The Morgan fingerprint density at radius 2 is 2.19 bits per heavy atom. The van der Waals surface area contributed by atoms with Gasteiger partial charge in [0.05, 0.1) is 11.6 Å². The molecule has 0 unspecified atom stereocenters. The molecule has 0 radical (unpaired) electrons. The van der Waals surface area contributed by atoms with E-state index in [1.165, 1.54) is 0 Å². The van der Waals surface area contributed by atoms with Gasteiger partial charge in [-0.3, -0.25) is 4.40 Å². The fraction of sp³-hybridized carbons (Fsp3) is 0.200. The van der Waals surface area contributed by atoms with E-state index in [0.29, 0.717) is 12.1 Å². The highest BCUT2D eigenvalue weighted by atomic mass is 15.3. The second kappa shape index (κ2) is 5.21. The van der Waals surface area contributed by atoms with Crippen LogP contribution in [0.3, 0.4) is 0 Å². The smallest absolute Gasteiger partial charge is 0.203 e. The van der Waals surface area contributed by atoms with Gasteiger partial charge in [0, 0.05) is 26.0 Å². The third kappa shape index (κ3) is 2.41. The molecule has 0 N–H and O–H groups in total. The fourth-order valence-electron chi connectivity index (χ4n) is 2.29. The van der Waals surface area contributed by atoms with Gasteiger partial charge in [-0.05, 0) is 24.6 Å². The van der Waals surface area contributed by atoms with Gasteiger partial charge in [0.25, 0.3) is 0 Å². The van der Waals surface area contributed by atoms with Crippen LogP contribution in [0.15, 0.2) is 36.7 Å². The lowest BCUT2D eigenvalue weighted by molar-refractivity contribution is 0.889. The first kappa shape index (κ1) is 13.1. The maximum atomic E-state index is 8.96. The minimum atomic E-state index is 0.647. The maximum absolute atomic E-state index is 8.96. The highest BCUT2D eigenvalue weighted by Crippen LogP contribution is 2.18. The Morgan fingerprint density at radius 3 is 3.00 bits per heavy atom. The molecule has 0 fully saturated rings. The van der Waals surface area contributed by atoms with Crippen molar-refractivity contribution in [3.63, 3.8) is 0 Å². The molecule has 0 aliphatic carbocycles. The number of hydrogen-bond donors (Lipinski definition) is 0. The fourth-order valence-corrected chi connectivity index (χ4v) is 2.29. The first-order valence-corrected chi connectivity index (χ1v) is 6.55. The van der Waals surface area contributed by atoms with E-state index < -0.39 is 0 Å². The van der Waals surface area contributed by atoms with Crippen LogP contribution in [0.5, 0.6) is 0 Å². The summed E-state index contributed by atoms with van der Waals surface area (Å²) in [6.45, 7) is 2.55. The van der Waals surface area contributed by atoms with E-state index in [1.54, 1.807) is 12.3 Å². The summed E-state index contributed by atoms with van der Waals surface area (Å²) in [7, 11) is 1.95. The molecule has 1 aromatic carbocycles. The van der Waals surface area contributed by atoms with Gasteiger partial charge in [0.1, 0.15) is 5.82 Å². The third-order valence-corrected chi connectivity index (χ3v) is 3.32. The summed E-state index contributed by atoms with van der Waals surface area (Å²) in [6.07, 6.45) is 3.58. The lowest BCUT2D eigenvalue weighted by atomic mass is 10.1. The molecule has 0 atom stereocenters. The van der Waals surface area contributed by atoms with Crippen LogP contribution in [0.2, 0.25) is 0 Å². The average Bonchev–Trinajstić information content (AvgIpc) is 2.89. The maximum Gasteiger partial charge on any atom is 0.203 e. The van der Waals surface area contributed by atoms with Crippen LogP contribution in [0.1, 0.15) is 17.0 Å². The zero-order valence-corrected chi connectivity index (χ0v) is 11.9. The quantitative estimate of drug-likeness (QED) is 0.732. The van der Waals surface area contributed by atoms with Gasteiger partial charge >= 0.3 is 0 Å². The number of aryl methyl sites for hydroxylation is 1. The summed E-state index contributed by atoms with van der Waals surface area (Å²) in [6, 6.07) is 9.71. The van der Waals surface area contributed by atoms with Gasteiger partial charge in [-0.25, -0.2) is 4.98 Å². The van der Waals surface area contributed by atoms with Gasteiger partial charge in [-0.1, -0.05) is 12.1 Å². The number of fused-ring (bicyclic) bond motifs is 1. The number of aromatic nitrogens is 4.